The second-order valence-electron chi connectivity index (χ2n) is 5.36. The molecule has 0 spiro atoms. The van der Waals surface area contributed by atoms with Crippen LogP contribution in [0.15, 0.2) is 18.3 Å². The van der Waals surface area contributed by atoms with E-state index in [-0.39, 0.29) is 42.5 Å². The van der Waals surface area contributed by atoms with Gasteiger partial charge >= 0.3 is 0 Å². The van der Waals surface area contributed by atoms with Gasteiger partial charge in [-0.2, -0.15) is 0 Å². The van der Waals surface area contributed by atoms with E-state index < -0.39 is 0 Å². The molecule has 1 aromatic heterocycles. The summed E-state index contributed by atoms with van der Waals surface area (Å²) in [7, 11) is 0. The summed E-state index contributed by atoms with van der Waals surface area (Å²) in [6.07, 6.45) is 3.24. The normalized spacial score (nSPS) is 16.8. The number of carbonyl (C=O) groups is 2. The number of nitrogens with two attached hydrogens (primary N) is 1. The molecule has 0 radical (unpaired) electrons. The average molecular weight is 363 g/mol. The van der Waals surface area contributed by atoms with Crippen molar-refractivity contribution in [2.24, 2.45) is 11.7 Å². The van der Waals surface area contributed by atoms with Crippen molar-refractivity contribution in [3.63, 3.8) is 0 Å². The number of halogens is 2. The van der Waals surface area contributed by atoms with Crippen molar-refractivity contribution in [2.45, 2.75) is 19.8 Å². The fourth-order valence-electron chi connectivity index (χ4n) is 2.49. The monoisotopic (exact) mass is 362 g/mol. The average Bonchev–Trinajstić information content (AvgIpc) is 2.52. The van der Waals surface area contributed by atoms with Crippen LogP contribution in [0.5, 0.6) is 0 Å². The summed E-state index contributed by atoms with van der Waals surface area (Å²) in [4.78, 5) is 30.3. The van der Waals surface area contributed by atoms with Crippen LogP contribution in [0.4, 0.5) is 0 Å². The molecule has 0 aliphatic carbocycles. The molecule has 23 heavy (non-hydrogen) atoms. The molecule has 1 aliphatic rings. The molecule has 0 bridgehead atoms. The quantitative estimate of drug-likeness (QED) is 0.840. The Morgan fingerprint density at radius 2 is 2.13 bits per heavy atom. The summed E-state index contributed by atoms with van der Waals surface area (Å²) in [6.45, 7) is 3.94. The van der Waals surface area contributed by atoms with Crippen LogP contribution in [-0.2, 0) is 4.79 Å². The second kappa shape index (κ2) is 10.4. The molecular formula is C15H24Cl2N4O2. The number of amides is 2. The Morgan fingerprint density at radius 1 is 1.39 bits per heavy atom. The SMILES string of the molecule is Cc1ccc(C(=O)N2CCCC(C(=O)NCCN)C2)cn1.Cl.Cl. The molecule has 2 amide bonds. The first kappa shape index (κ1) is 21.6. The third-order valence-electron chi connectivity index (χ3n) is 3.68. The van der Waals surface area contributed by atoms with Gasteiger partial charge < -0.3 is 16.0 Å². The molecule has 1 fully saturated rings. The van der Waals surface area contributed by atoms with E-state index in [0.717, 1.165) is 18.5 Å². The molecule has 0 aromatic carbocycles. The molecule has 2 heterocycles. The first-order valence-corrected chi connectivity index (χ1v) is 7.31. The van der Waals surface area contributed by atoms with E-state index in [0.29, 0.717) is 31.7 Å². The van der Waals surface area contributed by atoms with Crippen LogP contribution in [0, 0.1) is 12.8 Å². The number of carbonyl (C=O) groups excluding carboxylic acids is 2. The predicted molar refractivity (Wildman–Crippen MR) is 94.2 cm³/mol. The lowest BCUT2D eigenvalue weighted by atomic mass is 9.96. The minimum Gasteiger partial charge on any atom is -0.355 e. The number of aromatic nitrogens is 1. The van der Waals surface area contributed by atoms with Gasteiger partial charge in [-0.3, -0.25) is 14.6 Å². The zero-order valence-corrected chi connectivity index (χ0v) is 14.8. The van der Waals surface area contributed by atoms with Gasteiger partial charge in [0.25, 0.3) is 5.91 Å². The lowest BCUT2D eigenvalue weighted by Crippen LogP contribution is -2.46. The Balaban J connectivity index is 0.00000242. The highest BCUT2D eigenvalue weighted by Crippen LogP contribution is 2.18. The number of rotatable bonds is 4. The molecule has 1 atom stereocenters. The number of nitrogens with zero attached hydrogens (tertiary/aromatic N) is 2. The van der Waals surface area contributed by atoms with Crippen LogP contribution >= 0.6 is 24.8 Å². The van der Waals surface area contributed by atoms with Crippen molar-refractivity contribution in [2.75, 3.05) is 26.2 Å². The minimum atomic E-state index is -0.146. The summed E-state index contributed by atoms with van der Waals surface area (Å²) in [6, 6.07) is 3.60. The highest BCUT2D eigenvalue weighted by atomic mass is 35.5. The van der Waals surface area contributed by atoms with E-state index in [1.165, 1.54) is 0 Å². The van der Waals surface area contributed by atoms with Crippen molar-refractivity contribution in [1.82, 2.24) is 15.2 Å². The number of aryl methyl sites for hydroxylation is 1. The molecule has 8 heteroatoms. The molecule has 0 saturated carbocycles. The number of piperidine rings is 1. The van der Waals surface area contributed by atoms with Gasteiger partial charge in [-0.05, 0) is 31.9 Å². The molecule has 6 nitrogen and oxygen atoms in total. The third kappa shape index (κ3) is 5.97. The highest BCUT2D eigenvalue weighted by molar-refractivity contribution is 5.94. The van der Waals surface area contributed by atoms with Gasteiger partial charge in [-0.1, -0.05) is 0 Å². The molecular weight excluding hydrogens is 339 g/mol. The van der Waals surface area contributed by atoms with Crippen LogP contribution in [0.1, 0.15) is 28.9 Å². The van der Waals surface area contributed by atoms with E-state index in [9.17, 15) is 9.59 Å². The van der Waals surface area contributed by atoms with E-state index in [1.54, 1.807) is 17.2 Å². The van der Waals surface area contributed by atoms with Crippen LogP contribution in [0.2, 0.25) is 0 Å². The van der Waals surface area contributed by atoms with Gasteiger partial charge in [0.15, 0.2) is 0 Å². The molecule has 3 N–H and O–H groups in total. The van der Waals surface area contributed by atoms with Gasteiger partial charge in [0, 0.05) is 38.1 Å². The van der Waals surface area contributed by atoms with Gasteiger partial charge in [-0.15, -0.1) is 24.8 Å². The number of pyridine rings is 1. The van der Waals surface area contributed by atoms with Crippen molar-refractivity contribution >= 4 is 36.6 Å². The molecule has 1 unspecified atom stereocenters. The van der Waals surface area contributed by atoms with Crippen molar-refractivity contribution < 1.29 is 9.59 Å². The van der Waals surface area contributed by atoms with E-state index in [2.05, 4.69) is 10.3 Å². The van der Waals surface area contributed by atoms with Crippen LogP contribution in [0.3, 0.4) is 0 Å². The summed E-state index contributed by atoms with van der Waals surface area (Å²) < 4.78 is 0. The summed E-state index contributed by atoms with van der Waals surface area (Å²) in [5, 5.41) is 2.79. The van der Waals surface area contributed by atoms with E-state index in [4.69, 9.17) is 5.73 Å². The van der Waals surface area contributed by atoms with Crippen molar-refractivity contribution in [3.8, 4) is 0 Å². The maximum atomic E-state index is 12.4. The molecule has 1 aromatic rings. The molecule has 130 valence electrons. The van der Waals surface area contributed by atoms with Crippen LogP contribution in [-0.4, -0.2) is 47.9 Å². The fourth-order valence-corrected chi connectivity index (χ4v) is 2.49. The highest BCUT2D eigenvalue weighted by Gasteiger charge is 2.28. The van der Waals surface area contributed by atoms with Crippen LogP contribution in [0.25, 0.3) is 0 Å². The Bertz CT molecular complexity index is 511. The zero-order valence-electron chi connectivity index (χ0n) is 13.2. The van der Waals surface area contributed by atoms with Crippen molar-refractivity contribution in [3.05, 3.63) is 29.6 Å². The fraction of sp³-hybridized carbons (Fsp3) is 0.533. The predicted octanol–water partition coefficient (Wildman–Crippen LogP) is 1.16. The molecule has 1 aliphatic heterocycles. The number of likely N-dealkylation sites (tertiary alicyclic amines) is 1. The topological polar surface area (TPSA) is 88.3 Å². The summed E-state index contributed by atoms with van der Waals surface area (Å²) >= 11 is 0. The number of hydrogen-bond acceptors (Lipinski definition) is 4. The maximum absolute atomic E-state index is 12.4. The first-order valence-electron chi connectivity index (χ1n) is 7.31. The van der Waals surface area contributed by atoms with Crippen molar-refractivity contribution in [1.29, 1.82) is 0 Å². The van der Waals surface area contributed by atoms with Gasteiger partial charge in [-0.25, -0.2) is 0 Å². The maximum Gasteiger partial charge on any atom is 0.255 e. The Hall–Kier alpha value is -1.37. The first-order chi connectivity index (χ1) is 10.1. The van der Waals surface area contributed by atoms with Gasteiger partial charge in [0.2, 0.25) is 5.91 Å². The van der Waals surface area contributed by atoms with E-state index in [1.807, 2.05) is 13.0 Å². The summed E-state index contributed by atoms with van der Waals surface area (Å²) in [5.74, 6) is -0.216. The lowest BCUT2D eigenvalue weighted by molar-refractivity contribution is -0.126. The smallest absolute Gasteiger partial charge is 0.255 e. The second-order valence-corrected chi connectivity index (χ2v) is 5.36. The number of hydrogen-bond donors (Lipinski definition) is 2. The molecule has 1 saturated heterocycles. The zero-order chi connectivity index (χ0) is 15.2. The van der Waals surface area contributed by atoms with Gasteiger partial charge in [0.05, 0.1) is 11.5 Å². The standard InChI is InChI=1S/C15H22N4O2.2ClH/c1-11-4-5-12(9-18-11)15(21)19-8-2-3-13(10-19)14(20)17-7-6-16;;/h4-5,9,13H,2-3,6-8,10,16H2,1H3,(H,17,20);2*1H. The van der Waals surface area contributed by atoms with Crippen LogP contribution < -0.4 is 11.1 Å². The Kier molecular flexibility index (Phi) is 9.79. The molecule has 2 rings (SSSR count). The summed E-state index contributed by atoms with van der Waals surface area (Å²) in [5.41, 5.74) is 6.84. The minimum absolute atomic E-state index is 0. The van der Waals surface area contributed by atoms with Gasteiger partial charge in [0.1, 0.15) is 0 Å². The Morgan fingerprint density at radius 3 is 2.74 bits per heavy atom. The largest absolute Gasteiger partial charge is 0.355 e. The van der Waals surface area contributed by atoms with E-state index >= 15 is 0 Å². The lowest BCUT2D eigenvalue weighted by Gasteiger charge is -2.32. The number of nitrogens with one attached hydrogen (secondary N) is 1. The third-order valence-corrected chi connectivity index (χ3v) is 3.68. The Labute approximate surface area is 149 Å².